The van der Waals surface area contributed by atoms with Crippen LogP contribution in [0.2, 0.25) is 0 Å². The second-order valence-corrected chi connectivity index (χ2v) is 10.2. The zero-order chi connectivity index (χ0) is 25.8. The smallest absolute Gasteiger partial charge is 0.307 e. The SMILES string of the molecule is COc1ccc(C)cc1C(CC(=O)OCC(=O)NC1[C@H]2CN(Cc3ccccc3)C[C@@H]12)c1ccccc1. The number of carbonyl (C=O) groups is 2. The van der Waals surface area contributed by atoms with Crippen LogP contribution >= 0.6 is 0 Å². The molecule has 0 radical (unpaired) electrons. The molecule has 2 fully saturated rings. The van der Waals surface area contributed by atoms with Crippen LogP contribution in [0.25, 0.3) is 0 Å². The molecule has 37 heavy (non-hydrogen) atoms. The molecule has 2 unspecified atom stereocenters. The first-order valence-electron chi connectivity index (χ1n) is 12.9. The van der Waals surface area contributed by atoms with Gasteiger partial charge in [0.2, 0.25) is 0 Å². The summed E-state index contributed by atoms with van der Waals surface area (Å²) in [5.74, 6) is 0.833. The van der Waals surface area contributed by atoms with Crippen molar-refractivity contribution in [2.24, 2.45) is 11.8 Å². The second-order valence-electron chi connectivity index (χ2n) is 10.2. The van der Waals surface area contributed by atoms with E-state index in [1.54, 1.807) is 7.11 Å². The number of nitrogens with one attached hydrogen (secondary N) is 1. The molecule has 0 spiro atoms. The van der Waals surface area contributed by atoms with Crippen molar-refractivity contribution in [1.82, 2.24) is 10.2 Å². The summed E-state index contributed by atoms with van der Waals surface area (Å²) in [6.45, 7) is 4.68. The Morgan fingerprint density at radius 1 is 0.973 bits per heavy atom. The summed E-state index contributed by atoms with van der Waals surface area (Å²) in [6, 6.07) is 26.5. The van der Waals surface area contributed by atoms with Crippen LogP contribution in [-0.2, 0) is 20.9 Å². The Hall–Kier alpha value is -3.64. The molecule has 6 heteroatoms. The molecule has 1 amide bonds. The predicted molar refractivity (Wildman–Crippen MR) is 142 cm³/mol. The molecule has 4 atom stereocenters. The van der Waals surface area contributed by atoms with Gasteiger partial charge in [-0.2, -0.15) is 0 Å². The fraction of sp³-hybridized carbons (Fsp3) is 0.355. The number of aryl methyl sites for hydroxylation is 1. The van der Waals surface area contributed by atoms with Crippen molar-refractivity contribution >= 4 is 11.9 Å². The fourth-order valence-corrected chi connectivity index (χ4v) is 5.62. The normalized spacial score (nSPS) is 21.1. The van der Waals surface area contributed by atoms with Crippen molar-refractivity contribution in [2.45, 2.75) is 31.8 Å². The first kappa shape index (κ1) is 25.0. The van der Waals surface area contributed by atoms with Crippen LogP contribution in [0, 0.1) is 18.8 Å². The molecule has 5 rings (SSSR count). The van der Waals surface area contributed by atoms with E-state index in [-0.39, 0.29) is 30.9 Å². The number of carbonyl (C=O) groups excluding carboxylic acids is 2. The highest BCUT2D eigenvalue weighted by Gasteiger charge is 2.56. The van der Waals surface area contributed by atoms with Crippen LogP contribution in [0.1, 0.15) is 34.6 Å². The van der Waals surface area contributed by atoms with Crippen LogP contribution in [0.3, 0.4) is 0 Å². The molecule has 1 aliphatic carbocycles. The molecule has 2 aliphatic rings. The van der Waals surface area contributed by atoms with Crippen molar-refractivity contribution < 1.29 is 19.1 Å². The van der Waals surface area contributed by atoms with E-state index in [4.69, 9.17) is 9.47 Å². The van der Waals surface area contributed by atoms with Gasteiger partial charge in [-0.25, -0.2) is 0 Å². The van der Waals surface area contributed by atoms with E-state index in [1.165, 1.54) is 5.56 Å². The second kappa shape index (κ2) is 11.2. The Labute approximate surface area is 218 Å². The molecule has 1 saturated heterocycles. The third-order valence-electron chi connectivity index (χ3n) is 7.54. The molecule has 3 aromatic carbocycles. The summed E-state index contributed by atoms with van der Waals surface area (Å²) in [5, 5.41) is 3.08. The molecule has 0 aromatic heterocycles. The number of nitrogens with zero attached hydrogens (tertiary/aromatic N) is 1. The maximum atomic E-state index is 12.9. The van der Waals surface area contributed by atoms with Gasteiger partial charge in [0.05, 0.1) is 13.5 Å². The highest BCUT2D eigenvalue weighted by atomic mass is 16.5. The topological polar surface area (TPSA) is 67.9 Å². The predicted octanol–water partition coefficient (Wildman–Crippen LogP) is 4.32. The molecule has 1 aliphatic heterocycles. The zero-order valence-electron chi connectivity index (χ0n) is 21.4. The quantitative estimate of drug-likeness (QED) is 0.422. The summed E-state index contributed by atoms with van der Waals surface area (Å²) in [5.41, 5.74) is 4.33. The number of benzene rings is 3. The van der Waals surface area contributed by atoms with Crippen LogP contribution in [0.5, 0.6) is 5.75 Å². The van der Waals surface area contributed by atoms with Gasteiger partial charge >= 0.3 is 5.97 Å². The first-order valence-corrected chi connectivity index (χ1v) is 12.9. The average Bonchev–Trinajstić information content (AvgIpc) is 3.34. The van der Waals surface area contributed by atoms with E-state index >= 15 is 0 Å². The summed E-state index contributed by atoms with van der Waals surface area (Å²) in [6.07, 6.45) is 0.125. The number of methoxy groups -OCH3 is 1. The summed E-state index contributed by atoms with van der Waals surface area (Å²) in [4.78, 5) is 27.8. The van der Waals surface area contributed by atoms with Crippen molar-refractivity contribution in [1.29, 1.82) is 0 Å². The van der Waals surface area contributed by atoms with Gasteiger partial charge in [-0.05, 0) is 36.0 Å². The molecule has 192 valence electrons. The highest BCUT2D eigenvalue weighted by Crippen LogP contribution is 2.45. The third kappa shape index (κ3) is 6.03. The Morgan fingerprint density at radius 3 is 2.32 bits per heavy atom. The number of amides is 1. The minimum atomic E-state index is -0.405. The van der Waals surface area contributed by atoms with Gasteiger partial charge in [0.15, 0.2) is 6.61 Å². The number of piperidine rings is 1. The fourth-order valence-electron chi connectivity index (χ4n) is 5.62. The van der Waals surface area contributed by atoms with E-state index in [0.29, 0.717) is 11.8 Å². The number of hydrogen-bond donors (Lipinski definition) is 1. The number of rotatable bonds is 10. The molecule has 3 aromatic rings. The van der Waals surface area contributed by atoms with Crippen LogP contribution < -0.4 is 10.1 Å². The lowest BCUT2D eigenvalue weighted by Crippen LogP contribution is -2.36. The molecule has 1 heterocycles. The Kier molecular flexibility index (Phi) is 7.56. The molecule has 6 nitrogen and oxygen atoms in total. The van der Waals surface area contributed by atoms with Crippen molar-refractivity contribution in [2.75, 3.05) is 26.8 Å². The monoisotopic (exact) mass is 498 g/mol. The lowest BCUT2D eigenvalue weighted by atomic mass is 9.87. The van der Waals surface area contributed by atoms with Gasteiger partial charge in [-0.1, -0.05) is 78.4 Å². The molecule has 1 N–H and O–H groups in total. The lowest BCUT2D eigenvalue weighted by Gasteiger charge is -2.21. The molecule has 0 bridgehead atoms. The largest absolute Gasteiger partial charge is 0.496 e. The van der Waals surface area contributed by atoms with Crippen LogP contribution in [0.4, 0.5) is 0 Å². The number of fused-ring (bicyclic) bond motifs is 1. The number of hydrogen-bond acceptors (Lipinski definition) is 5. The number of esters is 1. The van der Waals surface area contributed by atoms with Crippen LogP contribution in [-0.4, -0.2) is 49.6 Å². The molecular weight excluding hydrogens is 464 g/mol. The van der Waals surface area contributed by atoms with E-state index in [9.17, 15) is 9.59 Å². The summed E-state index contributed by atoms with van der Waals surface area (Å²) >= 11 is 0. The van der Waals surface area contributed by atoms with E-state index in [0.717, 1.165) is 42.1 Å². The molecule has 1 saturated carbocycles. The maximum absolute atomic E-state index is 12.9. The molecular formula is C31H34N2O4. The van der Waals surface area contributed by atoms with Crippen molar-refractivity contribution in [3.8, 4) is 5.75 Å². The highest BCUT2D eigenvalue weighted by molar-refractivity contribution is 5.81. The van der Waals surface area contributed by atoms with Gasteiger partial charge in [-0.3, -0.25) is 14.5 Å². The van der Waals surface area contributed by atoms with Gasteiger partial charge in [-0.15, -0.1) is 0 Å². The minimum Gasteiger partial charge on any atom is -0.496 e. The van der Waals surface area contributed by atoms with E-state index in [2.05, 4.69) is 34.5 Å². The van der Waals surface area contributed by atoms with Gasteiger partial charge in [0.1, 0.15) is 5.75 Å². The number of likely N-dealkylation sites (tertiary alicyclic amines) is 1. The van der Waals surface area contributed by atoms with Gasteiger partial charge < -0.3 is 14.8 Å². The standard InChI is InChI=1S/C31H34N2O4/c1-21-13-14-28(36-2)25(15-21)24(23-11-7-4-8-12-23)16-30(35)37-20-29(34)32-31-26-18-33(19-27(26)31)17-22-9-5-3-6-10-22/h3-15,24,26-27,31H,16-20H2,1-2H3,(H,32,34)/t24?,26-,27+,31?. The first-order chi connectivity index (χ1) is 18.0. The summed E-state index contributed by atoms with van der Waals surface area (Å²) in [7, 11) is 1.63. The van der Waals surface area contributed by atoms with E-state index < -0.39 is 5.97 Å². The van der Waals surface area contributed by atoms with Crippen molar-refractivity contribution in [3.05, 3.63) is 101 Å². The van der Waals surface area contributed by atoms with Crippen molar-refractivity contribution in [3.63, 3.8) is 0 Å². The van der Waals surface area contributed by atoms with Gasteiger partial charge in [0.25, 0.3) is 5.91 Å². The Morgan fingerprint density at radius 2 is 1.65 bits per heavy atom. The van der Waals surface area contributed by atoms with Crippen LogP contribution in [0.15, 0.2) is 78.9 Å². The third-order valence-corrected chi connectivity index (χ3v) is 7.54. The average molecular weight is 499 g/mol. The van der Waals surface area contributed by atoms with Gasteiger partial charge in [0, 0.05) is 37.2 Å². The summed E-state index contributed by atoms with van der Waals surface area (Å²) < 4.78 is 11.0. The van der Waals surface area contributed by atoms with E-state index in [1.807, 2.05) is 61.5 Å². The maximum Gasteiger partial charge on any atom is 0.307 e. The Balaban J connectivity index is 1.12. The zero-order valence-corrected chi connectivity index (χ0v) is 21.4. The number of ether oxygens (including phenoxy) is 2. The Bertz CT molecular complexity index is 1220. The lowest BCUT2D eigenvalue weighted by molar-refractivity contribution is -0.148. The minimum absolute atomic E-state index is 0.125.